The van der Waals surface area contributed by atoms with E-state index in [0.717, 1.165) is 32.1 Å². The summed E-state index contributed by atoms with van der Waals surface area (Å²) < 4.78 is 11.1. The molecule has 0 radical (unpaired) electrons. The first-order valence-corrected chi connectivity index (χ1v) is 7.62. The third-order valence-electron chi connectivity index (χ3n) is 3.21. The molecule has 0 unspecified atom stereocenters. The number of nitrogens with zero attached hydrogens (tertiary/aromatic N) is 1. The van der Waals surface area contributed by atoms with Gasteiger partial charge in [0.2, 0.25) is 0 Å². The van der Waals surface area contributed by atoms with Crippen molar-refractivity contribution in [1.29, 1.82) is 0 Å². The second-order valence-corrected chi connectivity index (χ2v) is 5.52. The van der Waals surface area contributed by atoms with Crippen LogP contribution in [0.1, 0.15) is 26.7 Å². The number of likely N-dealkylation sites (N-methyl/N-ethyl adjacent to an activating group) is 1. The van der Waals surface area contributed by atoms with Gasteiger partial charge in [-0.15, -0.1) is 0 Å². The smallest absolute Gasteiger partial charge is 0.0701 e. The highest BCUT2D eigenvalue weighted by Crippen LogP contribution is 2.09. The number of hydrogen-bond acceptors (Lipinski definition) is 3. The second-order valence-electron chi connectivity index (χ2n) is 5.52. The van der Waals surface area contributed by atoms with Crippen molar-refractivity contribution in [2.24, 2.45) is 5.92 Å². The molecule has 0 N–H and O–H groups in total. The zero-order valence-electron chi connectivity index (χ0n) is 13.2. The summed E-state index contributed by atoms with van der Waals surface area (Å²) in [6.45, 7) is 8.36. The van der Waals surface area contributed by atoms with Gasteiger partial charge in [0.1, 0.15) is 0 Å². The van der Waals surface area contributed by atoms with E-state index in [0.29, 0.717) is 13.2 Å². The third kappa shape index (κ3) is 8.18. The van der Waals surface area contributed by atoms with Crippen molar-refractivity contribution in [3.8, 4) is 0 Å². The molecule has 114 valence electrons. The van der Waals surface area contributed by atoms with Crippen LogP contribution in [0, 0.1) is 5.92 Å². The van der Waals surface area contributed by atoms with Crippen LogP contribution in [-0.4, -0.2) is 40.0 Å². The second kappa shape index (κ2) is 10.7. The Labute approximate surface area is 123 Å². The van der Waals surface area contributed by atoms with Crippen LogP contribution in [0.25, 0.3) is 0 Å². The summed E-state index contributed by atoms with van der Waals surface area (Å²) in [5.41, 5.74) is 1.22. The summed E-state index contributed by atoms with van der Waals surface area (Å²) in [4.78, 5) is 2.20. The number of para-hydroxylation sites is 1. The predicted molar refractivity (Wildman–Crippen MR) is 85.4 cm³/mol. The molecule has 0 fully saturated rings. The lowest BCUT2D eigenvalue weighted by Crippen LogP contribution is -2.23. The standard InChI is InChI=1S/C17H29NO2/c1-16(2)8-7-12-19-14-15-20-13-11-18(3)17-9-5-4-6-10-17/h4-6,9-10,16H,7-8,11-15H2,1-3H3. The van der Waals surface area contributed by atoms with Crippen LogP contribution < -0.4 is 4.90 Å². The van der Waals surface area contributed by atoms with Gasteiger partial charge in [0, 0.05) is 25.9 Å². The topological polar surface area (TPSA) is 21.7 Å². The molecule has 0 bridgehead atoms. The first kappa shape index (κ1) is 17.0. The van der Waals surface area contributed by atoms with Gasteiger partial charge in [0.05, 0.1) is 19.8 Å². The highest BCUT2D eigenvalue weighted by atomic mass is 16.5. The predicted octanol–water partition coefficient (Wildman–Crippen LogP) is 3.59. The molecule has 0 atom stereocenters. The van der Waals surface area contributed by atoms with Crippen LogP contribution >= 0.6 is 0 Å². The van der Waals surface area contributed by atoms with Crippen LogP contribution in [0.4, 0.5) is 5.69 Å². The summed E-state index contributed by atoms with van der Waals surface area (Å²) in [6, 6.07) is 10.4. The van der Waals surface area contributed by atoms with Crippen LogP contribution in [0.15, 0.2) is 30.3 Å². The van der Waals surface area contributed by atoms with E-state index < -0.39 is 0 Å². The average molecular weight is 279 g/mol. The highest BCUT2D eigenvalue weighted by Gasteiger charge is 1.99. The molecule has 1 aromatic rings. The minimum atomic E-state index is 0.685. The number of benzene rings is 1. The lowest BCUT2D eigenvalue weighted by molar-refractivity contribution is 0.0483. The van der Waals surface area contributed by atoms with Gasteiger partial charge in [-0.2, -0.15) is 0 Å². The Morgan fingerprint density at radius 2 is 1.60 bits per heavy atom. The number of ether oxygens (including phenoxy) is 2. The SMILES string of the molecule is CC(C)CCCOCCOCCN(C)c1ccccc1. The molecular formula is C17H29NO2. The minimum Gasteiger partial charge on any atom is -0.379 e. The van der Waals surface area contributed by atoms with Gasteiger partial charge in [-0.25, -0.2) is 0 Å². The molecule has 0 saturated heterocycles. The summed E-state index contributed by atoms with van der Waals surface area (Å²) >= 11 is 0. The summed E-state index contributed by atoms with van der Waals surface area (Å²) in [5.74, 6) is 0.767. The minimum absolute atomic E-state index is 0.685. The van der Waals surface area contributed by atoms with Crippen LogP contribution in [0.3, 0.4) is 0 Å². The zero-order valence-corrected chi connectivity index (χ0v) is 13.2. The normalized spacial score (nSPS) is 11.0. The van der Waals surface area contributed by atoms with E-state index in [1.165, 1.54) is 12.1 Å². The van der Waals surface area contributed by atoms with E-state index in [9.17, 15) is 0 Å². The lowest BCUT2D eigenvalue weighted by atomic mass is 10.1. The molecule has 0 aliphatic carbocycles. The molecule has 0 saturated carbocycles. The Balaban J connectivity index is 1.92. The zero-order chi connectivity index (χ0) is 14.6. The Hall–Kier alpha value is -1.06. The van der Waals surface area contributed by atoms with E-state index >= 15 is 0 Å². The van der Waals surface area contributed by atoms with E-state index in [1.807, 2.05) is 6.07 Å². The molecule has 1 aromatic carbocycles. The van der Waals surface area contributed by atoms with E-state index in [1.54, 1.807) is 0 Å². The molecule has 0 aromatic heterocycles. The number of anilines is 1. The maximum absolute atomic E-state index is 5.59. The van der Waals surface area contributed by atoms with E-state index in [-0.39, 0.29) is 0 Å². The Morgan fingerprint density at radius 1 is 0.950 bits per heavy atom. The van der Waals surface area contributed by atoms with Gasteiger partial charge in [-0.3, -0.25) is 0 Å². The molecule has 1 rings (SSSR count). The van der Waals surface area contributed by atoms with Gasteiger partial charge in [0.15, 0.2) is 0 Å². The molecule has 3 nitrogen and oxygen atoms in total. The number of rotatable bonds is 11. The molecule has 0 aliphatic heterocycles. The summed E-state index contributed by atoms with van der Waals surface area (Å²) in [5, 5.41) is 0. The first-order valence-electron chi connectivity index (χ1n) is 7.62. The van der Waals surface area contributed by atoms with Crippen molar-refractivity contribution < 1.29 is 9.47 Å². The van der Waals surface area contributed by atoms with Gasteiger partial charge >= 0.3 is 0 Å². The van der Waals surface area contributed by atoms with Gasteiger partial charge in [-0.1, -0.05) is 32.0 Å². The van der Waals surface area contributed by atoms with Crippen molar-refractivity contribution in [2.75, 3.05) is 44.9 Å². The van der Waals surface area contributed by atoms with Gasteiger partial charge in [0.25, 0.3) is 0 Å². The highest BCUT2D eigenvalue weighted by molar-refractivity contribution is 5.44. The first-order chi connectivity index (χ1) is 9.70. The molecule has 20 heavy (non-hydrogen) atoms. The largest absolute Gasteiger partial charge is 0.379 e. The molecule has 0 amide bonds. The number of hydrogen-bond donors (Lipinski definition) is 0. The fourth-order valence-electron chi connectivity index (χ4n) is 1.93. The Morgan fingerprint density at radius 3 is 2.25 bits per heavy atom. The van der Waals surface area contributed by atoms with Crippen molar-refractivity contribution in [3.05, 3.63) is 30.3 Å². The van der Waals surface area contributed by atoms with E-state index in [2.05, 4.69) is 50.1 Å². The van der Waals surface area contributed by atoms with Crippen molar-refractivity contribution in [3.63, 3.8) is 0 Å². The summed E-state index contributed by atoms with van der Waals surface area (Å²) in [6.07, 6.45) is 2.39. The Bertz CT molecular complexity index is 327. The molecular weight excluding hydrogens is 250 g/mol. The molecule has 3 heteroatoms. The lowest BCUT2D eigenvalue weighted by Gasteiger charge is -2.19. The maximum atomic E-state index is 5.59. The van der Waals surface area contributed by atoms with Crippen molar-refractivity contribution in [1.82, 2.24) is 0 Å². The molecule has 0 spiro atoms. The van der Waals surface area contributed by atoms with Gasteiger partial charge < -0.3 is 14.4 Å². The van der Waals surface area contributed by atoms with Gasteiger partial charge in [-0.05, 0) is 30.9 Å². The van der Waals surface area contributed by atoms with Crippen LogP contribution in [0.5, 0.6) is 0 Å². The van der Waals surface area contributed by atoms with Crippen molar-refractivity contribution in [2.45, 2.75) is 26.7 Å². The molecule has 0 heterocycles. The summed E-state index contributed by atoms with van der Waals surface area (Å²) in [7, 11) is 2.08. The fraction of sp³-hybridized carbons (Fsp3) is 0.647. The van der Waals surface area contributed by atoms with Crippen LogP contribution in [0.2, 0.25) is 0 Å². The van der Waals surface area contributed by atoms with E-state index in [4.69, 9.17) is 9.47 Å². The van der Waals surface area contributed by atoms with Crippen LogP contribution in [-0.2, 0) is 9.47 Å². The molecule has 0 aliphatic rings. The average Bonchev–Trinajstić information content (AvgIpc) is 2.46. The monoisotopic (exact) mass is 279 g/mol. The quantitative estimate of drug-likeness (QED) is 0.578. The third-order valence-corrected chi connectivity index (χ3v) is 3.21. The maximum Gasteiger partial charge on any atom is 0.0701 e. The van der Waals surface area contributed by atoms with Crippen molar-refractivity contribution >= 4 is 5.69 Å². The Kier molecular flexibility index (Phi) is 9.09. The fourth-order valence-corrected chi connectivity index (χ4v) is 1.93.